The van der Waals surface area contributed by atoms with Gasteiger partial charge in [-0.2, -0.15) is 0 Å². The Labute approximate surface area is 80.1 Å². The van der Waals surface area contributed by atoms with Crippen molar-refractivity contribution in [1.29, 1.82) is 0 Å². The van der Waals surface area contributed by atoms with Gasteiger partial charge in [-0.15, -0.1) is 0 Å². The minimum atomic E-state index is -0.515. The van der Waals surface area contributed by atoms with Crippen LogP contribution in [0.15, 0.2) is 0 Å². The molecule has 0 saturated carbocycles. The van der Waals surface area contributed by atoms with Crippen LogP contribution in [0.25, 0.3) is 0 Å². The van der Waals surface area contributed by atoms with Gasteiger partial charge in [-0.3, -0.25) is 4.90 Å². The lowest BCUT2D eigenvalue weighted by Gasteiger charge is -2.25. The molecule has 3 heteroatoms. The van der Waals surface area contributed by atoms with Gasteiger partial charge in [0.25, 0.3) is 0 Å². The maximum Gasteiger partial charge on any atom is 0.153 e. The van der Waals surface area contributed by atoms with Crippen molar-refractivity contribution in [2.24, 2.45) is 0 Å². The van der Waals surface area contributed by atoms with Crippen LogP contribution in [0.3, 0.4) is 0 Å². The summed E-state index contributed by atoms with van der Waals surface area (Å²) in [5.41, 5.74) is -0.515. The minimum absolute atomic E-state index is 0.502. The molecule has 76 valence electrons. The SMILES string of the molecule is CCOC1(C=O)CCN(C(C)C)C1. The fourth-order valence-corrected chi connectivity index (χ4v) is 1.81. The maximum absolute atomic E-state index is 10.9. The first-order valence-corrected chi connectivity index (χ1v) is 4.98. The first-order valence-electron chi connectivity index (χ1n) is 4.98. The topological polar surface area (TPSA) is 29.5 Å². The molecule has 13 heavy (non-hydrogen) atoms. The summed E-state index contributed by atoms with van der Waals surface area (Å²) in [6, 6.07) is 0.502. The fourth-order valence-electron chi connectivity index (χ4n) is 1.81. The highest BCUT2D eigenvalue weighted by atomic mass is 16.5. The van der Waals surface area contributed by atoms with E-state index in [-0.39, 0.29) is 0 Å². The third kappa shape index (κ3) is 2.29. The molecule has 0 aromatic heterocycles. The monoisotopic (exact) mass is 185 g/mol. The lowest BCUT2D eigenvalue weighted by Crippen LogP contribution is -2.39. The summed E-state index contributed by atoms with van der Waals surface area (Å²) in [6.45, 7) is 8.56. The number of aldehydes is 1. The molecule has 1 unspecified atom stereocenters. The van der Waals surface area contributed by atoms with Crippen molar-refractivity contribution in [1.82, 2.24) is 4.90 Å². The van der Waals surface area contributed by atoms with Gasteiger partial charge >= 0.3 is 0 Å². The van der Waals surface area contributed by atoms with E-state index in [9.17, 15) is 4.79 Å². The van der Waals surface area contributed by atoms with E-state index in [0.29, 0.717) is 12.6 Å². The predicted molar refractivity (Wildman–Crippen MR) is 51.7 cm³/mol. The maximum atomic E-state index is 10.9. The van der Waals surface area contributed by atoms with Crippen LogP contribution in [-0.4, -0.2) is 42.5 Å². The Morgan fingerprint density at radius 2 is 2.31 bits per heavy atom. The van der Waals surface area contributed by atoms with Crippen LogP contribution in [-0.2, 0) is 9.53 Å². The van der Waals surface area contributed by atoms with Crippen LogP contribution in [0.1, 0.15) is 27.2 Å². The molecule has 0 aromatic rings. The highest BCUT2D eigenvalue weighted by molar-refractivity contribution is 5.63. The van der Waals surface area contributed by atoms with Crippen LogP contribution in [0.5, 0.6) is 0 Å². The Balaban J connectivity index is 2.57. The molecule has 0 spiro atoms. The van der Waals surface area contributed by atoms with E-state index in [1.54, 1.807) is 0 Å². The minimum Gasteiger partial charge on any atom is -0.366 e. The van der Waals surface area contributed by atoms with E-state index in [1.165, 1.54) is 0 Å². The molecule has 1 aliphatic heterocycles. The lowest BCUT2D eigenvalue weighted by molar-refractivity contribution is -0.129. The number of ether oxygens (including phenoxy) is 1. The molecular formula is C10H19NO2. The number of carbonyl (C=O) groups excluding carboxylic acids is 1. The summed E-state index contributed by atoms with van der Waals surface area (Å²) >= 11 is 0. The molecule has 0 radical (unpaired) electrons. The highest BCUT2D eigenvalue weighted by Gasteiger charge is 2.39. The Bertz CT molecular complexity index is 182. The largest absolute Gasteiger partial charge is 0.366 e. The van der Waals surface area contributed by atoms with Crippen molar-refractivity contribution in [2.75, 3.05) is 19.7 Å². The summed E-state index contributed by atoms with van der Waals surface area (Å²) < 4.78 is 5.51. The highest BCUT2D eigenvalue weighted by Crippen LogP contribution is 2.24. The summed E-state index contributed by atoms with van der Waals surface area (Å²) in [5, 5.41) is 0. The molecule has 1 atom stereocenters. The summed E-state index contributed by atoms with van der Waals surface area (Å²) in [4.78, 5) is 13.2. The van der Waals surface area contributed by atoms with Crippen LogP contribution in [0.4, 0.5) is 0 Å². The molecule has 0 aromatic carbocycles. The third-order valence-corrected chi connectivity index (χ3v) is 2.67. The van der Waals surface area contributed by atoms with Crippen molar-refractivity contribution < 1.29 is 9.53 Å². The van der Waals surface area contributed by atoms with Gasteiger partial charge in [0.1, 0.15) is 5.60 Å². The number of rotatable bonds is 4. The van der Waals surface area contributed by atoms with E-state index in [4.69, 9.17) is 4.74 Å². The number of hydrogen-bond donors (Lipinski definition) is 0. The van der Waals surface area contributed by atoms with Gasteiger partial charge in [0.15, 0.2) is 6.29 Å². The number of nitrogens with zero attached hydrogens (tertiary/aromatic N) is 1. The molecule has 1 heterocycles. The van der Waals surface area contributed by atoms with Crippen molar-refractivity contribution >= 4 is 6.29 Å². The zero-order chi connectivity index (χ0) is 9.90. The zero-order valence-electron chi connectivity index (χ0n) is 8.75. The number of likely N-dealkylation sites (tertiary alicyclic amines) is 1. The van der Waals surface area contributed by atoms with E-state index in [2.05, 4.69) is 18.7 Å². The van der Waals surface area contributed by atoms with E-state index in [1.807, 2.05) is 6.92 Å². The first-order chi connectivity index (χ1) is 6.13. The fraction of sp³-hybridized carbons (Fsp3) is 0.900. The summed E-state index contributed by atoms with van der Waals surface area (Å²) in [5.74, 6) is 0. The molecule has 1 rings (SSSR count). The predicted octanol–water partition coefficient (Wildman–Crippen LogP) is 1.07. The number of hydrogen-bond acceptors (Lipinski definition) is 3. The number of carbonyl (C=O) groups is 1. The van der Waals surface area contributed by atoms with Gasteiger partial charge in [0.05, 0.1) is 0 Å². The Morgan fingerprint density at radius 3 is 2.69 bits per heavy atom. The third-order valence-electron chi connectivity index (χ3n) is 2.67. The summed E-state index contributed by atoms with van der Waals surface area (Å²) in [7, 11) is 0. The normalized spacial score (nSPS) is 29.8. The molecule has 1 saturated heterocycles. The van der Waals surface area contributed by atoms with Gasteiger partial charge in [0, 0.05) is 25.7 Å². The molecule has 0 bridgehead atoms. The van der Waals surface area contributed by atoms with Gasteiger partial charge in [-0.05, 0) is 27.2 Å². The summed E-state index contributed by atoms with van der Waals surface area (Å²) in [6.07, 6.45) is 1.81. The van der Waals surface area contributed by atoms with Gasteiger partial charge in [-0.1, -0.05) is 0 Å². The second-order valence-electron chi connectivity index (χ2n) is 3.93. The van der Waals surface area contributed by atoms with Crippen LogP contribution in [0, 0.1) is 0 Å². The molecule has 0 aliphatic carbocycles. The van der Waals surface area contributed by atoms with Crippen LogP contribution >= 0.6 is 0 Å². The Hall–Kier alpha value is -0.410. The first kappa shape index (κ1) is 10.7. The quantitative estimate of drug-likeness (QED) is 0.614. The smallest absolute Gasteiger partial charge is 0.153 e. The molecule has 0 amide bonds. The van der Waals surface area contributed by atoms with Crippen LogP contribution < -0.4 is 0 Å². The Kier molecular flexibility index (Phi) is 3.45. The molecule has 1 aliphatic rings. The molecular weight excluding hydrogens is 166 g/mol. The molecule has 0 N–H and O–H groups in total. The van der Waals surface area contributed by atoms with Crippen molar-refractivity contribution in [3.8, 4) is 0 Å². The second kappa shape index (κ2) is 4.20. The van der Waals surface area contributed by atoms with Crippen molar-refractivity contribution in [3.05, 3.63) is 0 Å². The van der Waals surface area contributed by atoms with Gasteiger partial charge in [-0.25, -0.2) is 0 Å². The van der Waals surface area contributed by atoms with E-state index < -0.39 is 5.60 Å². The average Bonchev–Trinajstić information content (AvgIpc) is 2.51. The van der Waals surface area contributed by atoms with Crippen molar-refractivity contribution in [3.63, 3.8) is 0 Å². The van der Waals surface area contributed by atoms with Crippen LogP contribution in [0.2, 0.25) is 0 Å². The van der Waals surface area contributed by atoms with Crippen molar-refractivity contribution in [2.45, 2.75) is 38.8 Å². The van der Waals surface area contributed by atoms with Gasteiger partial charge < -0.3 is 9.53 Å². The zero-order valence-corrected chi connectivity index (χ0v) is 8.75. The van der Waals surface area contributed by atoms with Gasteiger partial charge in [0.2, 0.25) is 0 Å². The molecule has 3 nitrogen and oxygen atoms in total. The second-order valence-corrected chi connectivity index (χ2v) is 3.93. The molecule has 1 fully saturated rings. The average molecular weight is 185 g/mol. The Morgan fingerprint density at radius 1 is 1.62 bits per heavy atom. The van der Waals surface area contributed by atoms with E-state index in [0.717, 1.165) is 25.8 Å². The van der Waals surface area contributed by atoms with E-state index >= 15 is 0 Å². The lowest BCUT2D eigenvalue weighted by atomic mass is 10.1. The standard InChI is InChI=1S/C10H19NO2/c1-4-13-10(8-12)5-6-11(7-10)9(2)3/h8-9H,4-7H2,1-3H3.